The molecule has 16 heavy (non-hydrogen) atoms. The number of nitrogens with one attached hydrogen (secondary N) is 1. The maximum absolute atomic E-state index is 8.84. The summed E-state index contributed by atoms with van der Waals surface area (Å²) in [6.45, 7) is 3.06. The van der Waals surface area contributed by atoms with Gasteiger partial charge in [0.1, 0.15) is 11.9 Å². The molecule has 86 valence electrons. The summed E-state index contributed by atoms with van der Waals surface area (Å²) in [4.78, 5) is 0. The molecule has 0 saturated carbocycles. The fourth-order valence-corrected chi connectivity index (χ4v) is 1.37. The number of hydrogen-bond acceptors (Lipinski definition) is 5. The highest BCUT2D eigenvalue weighted by Crippen LogP contribution is 2.09. The lowest BCUT2D eigenvalue weighted by Gasteiger charge is -2.14. The molecule has 0 bridgehead atoms. The Bertz CT molecular complexity index is 344. The largest absolute Gasteiger partial charge is 0.396 e. The molecule has 0 aromatic carbocycles. The molecule has 1 atom stereocenters. The number of hydrogen-bond donors (Lipinski definition) is 2. The molecule has 5 nitrogen and oxygen atoms in total. The first-order chi connectivity index (χ1) is 7.80. The number of rotatable bonds is 6. The van der Waals surface area contributed by atoms with Crippen LogP contribution < -0.4 is 5.32 Å². The van der Waals surface area contributed by atoms with Crippen LogP contribution in [0.2, 0.25) is 0 Å². The van der Waals surface area contributed by atoms with Crippen molar-refractivity contribution in [3.8, 4) is 6.07 Å². The second kappa shape index (κ2) is 6.75. The van der Waals surface area contributed by atoms with Crippen molar-refractivity contribution < 1.29 is 5.11 Å². The molecule has 0 aliphatic heterocycles. The standard InChI is InChI=1S/C11H16N4O/c1-2-9(5-6-16)8-13-11-4-3-10(7-12)14-15-11/h3-4,9,16H,2,5-6,8H2,1H3,(H,13,15). The van der Waals surface area contributed by atoms with Crippen molar-refractivity contribution in [2.24, 2.45) is 5.92 Å². The van der Waals surface area contributed by atoms with Crippen molar-refractivity contribution in [3.63, 3.8) is 0 Å². The normalized spacial score (nSPS) is 11.8. The van der Waals surface area contributed by atoms with Gasteiger partial charge < -0.3 is 10.4 Å². The number of anilines is 1. The lowest BCUT2D eigenvalue weighted by Crippen LogP contribution is -2.15. The van der Waals surface area contributed by atoms with Crippen LogP contribution in [0, 0.1) is 17.2 Å². The van der Waals surface area contributed by atoms with Gasteiger partial charge in [-0.25, -0.2) is 0 Å². The minimum absolute atomic E-state index is 0.208. The third-order valence-corrected chi connectivity index (χ3v) is 2.47. The summed E-state index contributed by atoms with van der Waals surface area (Å²) >= 11 is 0. The summed E-state index contributed by atoms with van der Waals surface area (Å²) in [6, 6.07) is 5.28. The Morgan fingerprint density at radius 3 is 2.81 bits per heavy atom. The summed E-state index contributed by atoms with van der Waals surface area (Å²) in [7, 11) is 0. The average Bonchev–Trinajstić information content (AvgIpc) is 2.35. The van der Waals surface area contributed by atoms with Gasteiger partial charge in [-0.05, 0) is 24.5 Å². The summed E-state index contributed by atoms with van der Waals surface area (Å²) < 4.78 is 0. The first-order valence-electron chi connectivity index (χ1n) is 5.38. The van der Waals surface area contributed by atoms with Gasteiger partial charge >= 0.3 is 0 Å². The molecule has 0 aliphatic rings. The molecule has 0 fully saturated rings. The molecule has 5 heteroatoms. The molecule has 0 saturated heterocycles. The second-order valence-corrected chi connectivity index (χ2v) is 3.58. The van der Waals surface area contributed by atoms with Gasteiger partial charge in [-0.3, -0.25) is 0 Å². The van der Waals surface area contributed by atoms with Crippen LogP contribution in [0.4, 0.5) is 5.82 Å². The van der Waals surface area contributed by atoms with Crippen LogP contribution in [0.25, 0.3) is 0 Å². The molecule has 0 spiro atoms. The van der Waals surface area contributed by atoms with Crippen LogP contribution in [-0.2, 0) is 0 Å². The molecule has 0 aliphatic carbocycles. The minimum Gasteiger partial charge on any atom is -0.396 e. The Morgan fingerprint density at radius 1 is 1.50 bits per heavy atom. The summed E-state index contributed by atoms with van der Waals surface area (Å²) in [5.74, 6) is 1.10. The van der Waals surface area contributed by atoms with E-state index >= 15 is 0 Å². The Kier molecular flexibility index (Phi) is 5.23. The van der Waals surface area contributed by atoms with Crippen LogP contribution in [0.3, 0.4) is 0 Å². The molecular weight excluding hydrogens is 204 g/mol. The van der Waals surface area contributed by atoms with E-state index in [-0.39, 0.29) is 6.61 Å². The molecule has 1 aromatic heterocycles. The third kappa shape index (κ3) is 3.83. The highest BCUT2D eigenvalue weighted by atomic mass is 16.3. The van der Waals surface area contributed by atoms with Crippen LogP contribution in [0.5, 0.6) is 0 Å². The Balaban J connectivity index is 2.44. The highest BCUT2D eigenvalue weighted by molar-refractivity contribution is 5.35. The average molecular weight is 220 g/mol. The van der Waals surface area contributed by atoms with Crippen molar-refractivity contribution in [2.75, 3.05) is 18.5 Å². The van der Waals surface area contributed by atoms with E-state index in [0.717, 1.165) is 19.4 Å². The van der Waals surface area contributed by atoms with E-state index in [0.29, 0.717) is 17.4 Å². The van der Waals surface area contributed by atoms with Crippen LogP contribution in [0.1, 0.15) is 25.5 Å². The van der Waals surface area contributed by atoms with Crippen molar-refractivity contribution in [1.29, 1.82) is 5.26 Å². The van der Waals surface area contributed by atoms with E-state index in [1.807, 2.05) is 6.07 Å². The van der Waals surface area contributed by atoms with Gasteiger partial charge in [-0.15, -0.1) is 10.2 Å². The zero-order chi connectivity index (χ0) is 11.8. The van der Waals surface area contributed by atoms with E-state index in [4.69, 9.17) is 10.4 Å². The Hall–Kier alpha value is -1.67. The monoisotopic (exact) mass is 220 g/mol. The number of aliphatic hydroxyl groups is 1. The SMILES string of the molecule is CCC(CCO)CNc1ccc(C#N)nn1. The van der Waals surface area contributed by atoms with Crippen molar-refractivity contribution in [2.45, 2.75) is 19.8 Å². The van der Waals surface area contributed by atoms with E-state index in [1.165, 1.54) is 0 Å². The van der Waals surface area contributed by atoms with Crippen molar-refractivity contribution in [1.82, 2.24) is 10.2 Å². The molecule has 1 rings (SSSR count). The van der Waals surface area contributed by atoms with Gasteiger partial charge in [-0.1, -0.05) is 13.3 Å². The summed E-state index contributed by atoms with van der Waals surface area (Å²) in [6.07, 6.45) is 1.80. The molecular formula is C11H16N4O. The predicted octanol–water partition coefficient (Wildman–Crippen LogP) is 1.17. The molecule has 2 N–H and O–H groups in total. The van der Waals surface area contributed by atoms with E-state index in [9.17, 15) is 0 Å². The number of nitrogens with zero attached hydrogens (tertiary/aromatic N) is 3. The van der Waals surface area contributed by atoms with E-state index in [2.05, 4.69) is 22.4 Å². The van der Waals surface area contributed by atoms with E-state index in [1.54, 1.807) is 12.1 Å². The topological polar surface area (TPSA) is 81.8 Å². The first-order valence-corrected chi connectivity index (χ1v) is 5.38. The van der Waals surface area contributed by atoms with Gasteiger partial charge in [0.2, 0.25) is 0 Å². The van der Waals surface area contributed by atoms with Gasteiger partial charge in [0.05, 0.1) is 0 Å². The maximum Gasteiger partial charge on any atom is 0.163 e. The smallest absolute Gasteiger partial charge is 0.163 e. The van der Waals surface area contributed by atoms with Crippen LogP contribution >= 0.6 is 0 Å². The lowest BCUT2D eigenvalue weighted by molar-refractivity contribution is 0.258. The van der Waals surface area contributed by atoms with Gasteiger partial charge in [0, 0.05) is 13.2 Å². The number of aromatic nitrogens is 2. The van der Waals surface area contributed by atoms with Gasteiger partial charge in [-0.2, -0.15) is 5.26 Å². The first kappa shape index (κ1) is 12.4. The number of aliphatic hydroxyl groups excluding tert-OH is 1. The van der Waals surface area contributed by atoms with E-state index < -0.39 is 0 Å². The number of nitriles is 1. The Morgan fingerprint density at radius 2 is 2.31 bits per heavy atom. The fourth-order valence-electron chi connectivity index (χ4n) is 1.37. The molecule has 1 unspecified atom stereocenters. The van der Waals surface area contributed by atoms with Gasteiger partial charge in [0.25, 0.3) is 0 Å². The Labute approximate surface area is 95.1 Å². The predicted molar refractivity (Wildman–Crippen MR) is 60.7 cm³/mol. The minimum atomic E-state index is 0.208. The molecule has 0 amide bonds. The van der Waals surface area contributed by atoms with Crippen LogP contribution in [0.15, 0.2) is 12.1 Å². The zero-order valence-corrected chi connectivity index (χ0v) is 9.35. The van der Waals surface area contributed by atoms with Crippen LogP contribution in [-0.4, -0.2) is 28.5 Å². The fraction of sp³-hybridized carbons (Fsp3) is 0.545. The second-order valence-electron chi connectivity index (χ2n) is 3.58. The van der Waals surface area contributed by atoms with Gasteiger partial charge in [0.15, 0.2) is 5.69 Å². The lowest BCUT2D eigenvalue weighted by atomic mass is 10.0. The molecule has 1 aromatic rings. The van der Waals surface area contributed by atoms with Crippen molar-refractivity contribution >= 4 is 5.82 Å². The quantitative estimate of drug-likeness (QED) is 0.752. The summed E-state index contributed by atoms with van der Waals surface area (Å²) in [5, 5.41) is 28.1. The van der Waals surface area contributed by atoms with Crippen molar-refractivity contribution in [3.05, 3.63) is 17.8 Å². The maximum atomic E-state index is 8.84. The third-order valence-electron chi connectivity index (χ3n) is 2.47. The highest BCUT2D eigenvalue weighted by Gasteiger charge is 2.05. The molecule has 1 heterocycles. The zero-order valence-electron chi connectivity index (χ0n) is 9.35. The molecule has 0 radical (unpaired) electrons. The summed E-state index contributed by atoms with van der Waals surface area (Å²) in [5.41, 5.74) is 0.313.